The molecule has 0 unspecified atom stereocenters. The highest BCUT2D eigenvalue weighted by Gasteiger charge is 2.33. The molecule has 1 aromatic rings. The van der Waals surface area contributed by atoms with Crippen LogP contribution in [0.25, 0.3) is 0 Å². The Labute approximate surface area is 122 Å². The van der Waals surface area contributed by atoms with Gasteiger partial charge in [0.05, 0.1) is 12.1 Å². The normalized spacial score (nSPS) is 11.5. The first kappa shape index (κ1) is 17.3. The zero-order valence-electron chi connectivity index (χ0n) is 12.1. The highest BCUT2D eigenvalue weighted by molar-refractivity contribution is 5.79. The molecule has 0 aromatic heterocycles. The summed E-state index contributed by atoms with van der Waals surface area (Å²) in [6.07, 6.45) is -3.59. The van der Waals surface area contributed by atoms with Crippen LogP contribution in [0.1, 0.15) is 24.5 Å². The summed E-state index contributed by atoms with van der Waals surface area (Å²) in [7, 11) is 1.52. The van der Waals surface area contributed by atoms with Crippen molar-refractivity contribution in [1.82, 2.24) is 5.32 Å². The fraction of sp³-hybridized carbons (Fsp3) is 0.500. The smallest absolute Gasteiger partial charge is 0.368 e. The number of nitrogens with one attached hydrogen (secondary N) is 1. The Morgan fingerprint density at radius 1 is 1.38 bits per heavy atom. The lowest BCUT2D eigenvalue weighted by Crippen LogP contribution is -2.30. The first-order valence-electron chi connectivity index (χ1n) is 6.66. The van der Waals surface area contributed by atoms with E-state index in [0.29, 0.717) is 12.2 Å². The fourth-order valence-corrected chi connectivity index (χ4v) is 1.94. The maximum atomic E-state index is 13.1. The summed E-state index contributed by atoms with van der Waals surface area (Å²) in [6.45, 7) is 2.62. The van der Waals surface area contributed by atoms with Gasteiger partial charge < -0.3 is 16.0 Å². The minimum Gasteiger partial charge on any atom is -0.368 e. The minimum atomic E-state index is -4.44. The molecule has 118 valence electrons. The van der Waals surface area contributed by atoms with Crippen LogP contribution in [0.3, 0.4) is 0 Å². The van der Waals surface area contributed by atoms with Crippen molar-refractivity contribution in [2.24, 2.45) is 5.73 Å². The second-order valence-electron chi connectivity index (χ2n) is 4.84. The number of likely N-dealkylation sites (N-methyl/N-ethyl adjacent to an activating group) is 1. The molecule has 0 saturated carbocycles. The van der Waals surface area contributed by atoms with E-state index in [0.717, 1.165) is 12.5 Å². The number of alkyl halides is 3. The van der Waals surface area contributed by atoms with Gasteiger partial charge in [-0.1, -0.05) is 13.0 Å². The van der Waals surface area contributed by atoms with Gasteiger partial charge in [-0.25, -0.2) is 0 Å². The van der Waals surface area contributed by atoms with Crippen molar-refractivity contribution >= 4 is 11.6 Å². The van der Waals surface area contributed by atoms with Crippen molar-refractivity contribution in [3.63, 3.8) is 0 Å². The summed E-state index contributed by atoms with van der Waals surface area (Å²) in [6, 6.07) is 4.03. The van der Waals surface area contributed by atoms with Gasteiger partial charge in [-0.05, 0) is 30.7 Å². The Morgan fingerprint density at radius 2 is 2.05 bits per heavy atom. The highest BCUT2D eigenvalue weighted by atomic mass is 19.4. The average molecular weight is 303 g/mol. The van der Waals surface area contributed by atoms with E-state index in [1.165, 1.54) is 18.0 Å². The molecule has 0 aliphatic heterocycles. The third-order valence-electron chi connectivity index (χ3n) is 2.97. The number of nitrogens with zero attached hydrogens (tertiary/aromatic N) is 1. The molecule has 0 bridgehead atoms. The first-order valence-corrected chi connectivity index (χ1v) is 6.66. The van der Waals surface area contributed by atoms with Gasteiger partial charge in [0.25, 0.3) is 0 Å². The van der Waals surface area contributed by atoms with Crippen molar-refractivity contribution in [3.8, 4) is 0 Å². The van der Waals surface area contributed by atoms with E-state index in [9.17, 15) is 18.0 Å². The van der Waals surface area contributed by atoms with Crippen LogP contribution in [0.4, 0.5) is 18.9 Å². The van der Waals surface area contributed by atoms with E-state index in [1.54, 1.807) is 6.07 Å². The molecule has 0 radical (unpaired) electrons. The zero-order chi connectivity index (χ0) is 16.0. The van der Waals surface area contributed by atoms with Gasteiger partial charge in [-0.2, -0.15) is 13.2 Å². The van der Waals surface area contributed by atoms with Crippen molar-refractivity contribution in [1.29, 1.82) is 0 Å². The molecule has 0 spiro atoms. The van der Waals surface area contributed by atoms with E-state index < -0.39 is 17.6 Å². The van der Waals surface area contributed by atoms with Crippen LogP contribution in [0, 0.1) is 0 Å². The number of nitrogens with two attached hydrogens (primary N) is 1. The number of carbonyl (C=O) groups excluding carboxylic acids is 1. The second-order valence-corrected chi connectivity index (χ2v) is 4.84. The van der Waals surface area contributed by atoms with E-state index in [-0.39, 0.29) is 18.7 Å². The van der Waals surface area contributed by atoms with Crippen LogP contribution < -0.4 is 16.0 Å². The van der Waals surface area contributed by atoms with Crippen molar-refractivity contribution < 1.29 is 18.0 Å². The van der Waals surface area contributed by atoms with Gasteiger partial charge in [0.2, 0.25) is 5.91 Å². The molecule has 0 aliphatic rings. The molecule has 1 rings (SSSR count). The topological polar surface area (TPSA) is 58.4 Å². The average Bonchev–Trinajstić information content (AvgIpc) is 2.37. The summed E-state index contributed by atoms with van der Waals surface area (Å²) in [4.78, 5) is 12.2. The number of anilines is 1. The number of benzene rings is 1. The molecule has 0 fully saturated rings. The van der Waals surface area contributed by atoms with Gasteiger partial charge in [-0.3, -0.25) is 4.79 Å². The number of carbonyl (C=O) groups is 1. The summed E-state index contributed by atoms with van der Waals surface area (Å²) in [5.74, 6) is -0.597. The minimum absolute atomic E-state index is 0.134. The van der Waals surface area contributed by atoms with E-state index in [4.69, 9.17) is 5.73 Å². The second kappa shape index (κ2) is 7.31. The molecular weight excluding hydrogens is 283 g/mol. The van der Waals surface area contributed by atoms with Gasteiger partial charge in [-0.15, -0.1) is 0 Å². The summed E-state index contributed by atoms with van der Waals surface area (Å²) in [5, 5.41) is 2.96. The van der Waals surface area contributed by atoms with Crippen LogP contribution in [0.2, 0.25) is 0 Å². The predicted molar refractivity (Wildman–Crippen MR) is 75.9 cm³/mol. The predicted octanol–water partition coefficient (Wildman–Crippen LogP) is 2.13. The van der Waals surface area contributed by atoms with Crippen LogP contribution in [-0.4, -0.2) is 26.0 Å². The largest absolute Gasteiger partial charge is 0.416 e. The van der Waals surface area contributed by atoms with E-state index in [2.05, 4.69) is 5.32 Å². The maximum absolute atomic E-state index is 13.1. The molecule has 21 heavy (non-hydrogen) atoms. The van der Waals surface area contributed by atoms with Crippen molar-refractivity contribution in [2.45, 2.75) is 26.1 Å². The fourth-order valence-electron chi connectivity index (χ4n) is 1.94. The summed E-state index contributed by atoms with van der Waals surface area (Å²) in [5.41, 5.74) is 4.85. The third-order valence-corrected chi connectivity index (χ3v) is 2.97. The molecule has 1 amide bonds. The number of halogens is 3. The Morgan fingerprint density at radius 3 is 2.57 bits per heavy atom. The zero-order valence-corrected chi connectivity index (χ0v) is 12.1. The number of hydrogen-bond acceptors (Lipinski definition) is 3. The summed E-state index contributed by atoms with van der Waals surface area (Å²) < 4.78 is 39.4. The summed E-state index contributed by atoms with van der Waals surface area (Å²) >= 11 is 0. The number of primary amides is 1. The van der Waals surface area contributed by atoms with Gasteiger partial charge >= 0.3 is 6.18 Å². The molecule has 0 saturated heterocycles. The molecule has 0 heterocycles. The van der Waals surface area contributed by atoms with Gasteiger partial charge in [0.15, 0.2) is 0 Å². The molecule has 0 aliphatic carbocycles. The molecule has 0 atom stereocenters. The Balaban J connectivity index is 3.04. The van der Waals surface area contributed by atoms with E-state index in [1.807, 2.05) is 6.92 Å². The van der Waals surface area contributed by atoms with E-state index >= 15 is 0 Å². The Hall–Kier alpha value is -1.76. The number of amides is 1. The van der Waals surface area contributed by atoms with Gasteiger partial charge in [0.1, 0.15) is 0 Å². The first-order chi connectivity index (χ1) is 9.75. The van der Waals surface area contributed by atoms with Crippen molar-refractivity contribution in [2.75, 3.05) is 25.0 Å². The van der Waals surface area contributed by atoms with Crippen LogP contribution in [0.15, 0.2) is 18.2 Å². The highest BCUT2D eigenvalue weighted by Crippen LogP contribution is 2.34. The SMILES string of the molecule is CCCNCc1ccc(N(C)CC(N)=O)cc1C(F)(F)F. The monoisotopic (exact) mass is 303 g/mol. The quantitative estimate of drug-likeness (QED) is 0.759. The lowest BCUT2D eigenvalue weighted by atomic mass is 10.1. The lowest BCUT2D eigenvalue weighted by Gasteiger charge is -2.21. The molecule has 3 N–H and O–H groups in total. The molecule has 1 aromatic carbocycles. The van der Waals surface area contributed by atoms with Crippen molar-refractivity contribution in [3.05, 3.63) is 29.3 Å². The maximum Gasteiger partial charge on any atom is 0.416 e. The molecule has 4 nitrogen and oxygen atoms in total. The third kappa shape index (κ3) is 5.26. The Bertz CT molecular complexity index is 489. The van der Waals surface area contributed by atoms with Gasteiger partial charge in [0, 0.05) is 19.3 Å². The van der Waals surface area contributed by atoms with Crippen LogP contribution in [-0.2, 0) is 17.5 Å². The van der Waals surface area contributed by atoms with Crippen LogP contribution >= 0.6 is 0 Å². The number of hydrogen-bond donors (Lipinski definition) is 2. The lowest BCUT2D eigenvalue weighted by molar-refractivity contribution is -0.138. The number of rotatable bonds is 7. The molecular formula is C14H20F3N3O. The molecule has 7 heteroatoms. The Kier molecular flexibility index (Phi) is 6.02. The van der Waals surface area contributed by atoms with Crippen LogP contribution in [0.5, 0.6) is 0 Å². The standard InChI is InChI=1S/C14H20F3N3O/c1-3-6-19-8-10-4-5-11(20(2)9-13(18)21)7-12(10)14(15,16)17/h4-5,7,19H,3,6,8-9H2,1-2H3,(H2,18,21).